The zero-order valence-electron chi connectivity index (χ0n) is 25.0. The molecular weight excluding hydrogens is 616 g/mol. The molecule has 4 aliphatic rings. The summed E-state index contributed by atoms with van der Waals surface area (Å²) >= 11 is 0. The van der Waals surface area contributed by atoms with Gasteiger partial charge in [-0.1, -0.05) is 36.4 Å². The molecule has 2 fully saturated rings. The van der Waals surface area contributed by atoms with E-state index in [1.807, 2.05) is 6.07 Å². The van der Waals surface area contributed by atoms with Crippen LogP contribution < -0.4 is 5.32 Å². The maximum absolute atomic E-state index is 13.7. The molecule has 45 heavy (non-hydrogen) atoms. The number of hydrogen-bond acceptors (Lipinski definition) is 3. The smallest absolute Gasteiger partial charge is 0.352 e. The summed E-state index contributed by atoms with van der Waals surface area (Å²) in [5.74, 6) is -1.13. The van der Waals surface area contributed by atoms with Gasteiger partial charge in [-0.3, -0.25) is 4.79 Å². The van der Waals surface area contributed by atoms with Crippen LogP contribution in [-0.4, -0.2) is 77.2 Å². The zero-order valence-corrected chi connectivity index (χ0v) is 25.8. The van der Waals surface area contributed by atoms with Crippen LogP contribution >= 0.6 is 0 Å². The minimum absolute atomic E-state index is 0.00667. The number of carbonyl (C=O) groups is 1. The predicted molar refractivity (Wildman–Crippen MR) is 162 cm³/mol. The van der Waals surface area contributed by atoms with E-state index in [-0.39, 0.29) is 23.0 Å². The molecule has 2 heterocycles. The number of hydrogen-bond donors (Lipinski definition) is 1. The van der Waals surface area contributed by atoms with Gasteiger partial charge in [-0.15, -0.1) is 5.73 Å². The molecule has 0 aromatic heterocycles. The van der Waals surface area contributed by atoms with Gasteiger partial charge in [0.2, 0.25) is 5.91 Å². The van der Waals surface area contributed by atoms with E-state index in [2.05, 4.69) is 40.6 Å². The molecule has 1 amide bonds. The Balaban J connectivity index is 1.28. The van der Waals surface area contributed by atoms with Crippen molar-refractivity contribution in [3.63, 3.8) is 0 Å². The minimum Gasteiger partial charge on any atom is -0.352 e. The summed E-state index contributed by atoms with van der Waals surface area (Å²) in [6.45, 7) is 2.85. The third-order valence-electron chi connectivity index (χ3n) is 9.43. The van der Waals surface area contributed by atoms with Crippen LogP contribution in [0, 0.1) is 11.8 Å². The summed E-state index contributed by atoms with van der Waals surface area (Å²) < 4.78 is 94.8. The Labute approximate surface area is 262 Å². The summed E-state index contributed by atoms with van der Waals surface area (Å²) in [5.41, 5.74) is 1.34. The molecule has 5 rings (SSSR count). The number of halogens is 6. The van der Waals surface area contributed by atoms with Crippen molar-refractivity contribution in [2.75, 3.05) is 45.5 Å². The van der Waals surface area contributed by atoms with Crippen molar-refractivity contribution in [1.82, 2.24) is 14.5 Å². The van der Waals surface area contributed by atoms with E-state index in [9.17, 15) is 35.3 Å². The Morgan fingerprint density at radius 3 is 2.51 bits per heavy atom. The number of amides is 1. The lowest BCUT2D eigenvalue weighted by molar-refractivity contribution is -0.127. The zero-order chi connectivity index (χ0) is 32.4. The van der Waals surface area contributed by atoms with E-state index in [0.29, 0.717) is 44.6 Å². The van der Waals surface area contributed by atoms with Gasteiger partial charge < -0.3 is 10.2 Å². The minimum atomic E-state index is -4.91. The van der Waals surface area contributed by atoms with Crippen molar-refractivity contribution >= 4 is 23.0 Å². The van der Waals surface area contributed by atoms with Gasteiger partial charge in [0.25, 0.3) is 0 Å². The fraction of sp³-hybridized carbons (Fsp3) is 0.515. The summed E-state index contributed by atoms with van der Waals surface area (Å²) in [6, 6.07) is 8.39. The molecule has 12 heteroatoms. The Hall–Kier alpha value is -2.92. The van der Waals surface area contributed by atoms with Gasteiger partial charge >= 0.3 is 12.4 Å². The Bertz CT molecular complexity index is 1460. The number of nitrogens with one attached hydrogen (secondary N) is 1. The second-order valence-electron chi connectivity index (χ2n) is 12.3. The maximum Gasteiger partial charge on any atom is 0.423 e. The van der Waals surface area contributed by atoms with E-state index in [4.69, 9.17) is 0 Å². The summed E-state index contributed by atoms with van der Waals surface area (Å²) in [5, 5.41) is 2.64. The molecule has 0 bridgehead atoms. The maximum atomic E-state index is 13.7. The molecule has 5 nitrogen and oxygen atoms in total. The highest BCUT2D eigenvalue weighted by Gasteiger charge is 2.40. The Morgan fingerprint density at radius 2 is 1.82 bits per heavy atom. The van der Waals surface area contributed by atoms with E-state index in [0.717, 1.165) is 32.4 Å². The van der Waals surface area contributed by atoms with Gasteiger partial charge in [0.1, 0.15) is 0 Å². The number of fused-ring (bicyclic) bond motifs is 2. The van der Waals surface area contributed by atoms with Gasteiger partial charge in [-0.05, 0) is 92.6 Å². The number of carbonyl (C=O) groups excluding carboxylic acids is 1. The summed E-state index contributed by atoms with van der Waals surface area (Å²) in [7, 11) is -1.23. The van der Waals surface area contributed by atoms with Crippen LogP contribution in [0.15, 0.2) is 71.0 Å². The normalized spacial score (nSPS) is 23.5. The molecule has 1 aromatic carbocycles. The third kappa shape index (κ3) is 7.91. The number of nitrogens with zero attached hydrogens (tertiary/aromatic N) is 2. The van der Waals surface area contributed by atoms with Crippen molar-refractivity contribution in [3.8, 4) is 0 Å². The van der Waals surface area contributed by atoms with E-state index >= 15 is 0 Å². The Morgan fingerprint density at radius 1 is 1.09 bits per heavy atom. The van der Waals surface area contributed by atoms with Gasteiger partial charge in [-0.25, -0.2) is 8.51 Å². The topological polar surface area (TPSA) is 52.7 Å². The fourth-order valence-electron chi connectivity index (χ4n) is 6.90. The predicted octanol–water partition coefficient (Wildman–Crippen LogP) is 6.25. The highest BCUT2D eigenvalue weighted by atomic mass is 32.2. The monoisotopic (exact) mass is 653 g/mol. The van der Waals surface area contributed by atoms with Crippen LogP contribution in [0.25, 0.3) is 6.08 Å². The molecule has 1 N–H and O–H groups in total. The lowest BCUT2D eigenvalue weighted by Gasteiger charge is -2.40. The SMILES string of the molecule is CS(=O)N1CCCC(C(CCN2CCC3(C=Cc4ccccc43)CC2)C(=O)NCC2=CC(C(F)(F)F)=C=CC(C(F)(F)F)=C2)C1. The van der Waals surface area contributed by atoms with Gasteiger partial charge in [-0.2, -0.15) is 26.3 Å². The first-order valence-corrected chi connectivity index (χ1v) is 16.7. The van der Waals surface area contributed by atoms with Crippen molar-refractivity contribution < 1.29 is 35.3 Å². The highest BCUT2D eigenvalue weighted by molar-refractivity contribution is 7.81. The lowest BCUT2D eigenvalue weighted by atomic mass is 9.74. The van der Waals surface area contributed by atoms with Crippen molar-refractivity contribution in [3.05, 3.63) is 82.1 Å². The van der Waals surface area contributed by atoms with Crippen LogP contribution in [0.3, 0.4) is 0 Å². The number of alkyl halides is 6. The van der Waals surface area contributed by atoms with E-state index < -0.39 is 52.9 Å². The molecule has 0 saturated carbocycles. The molecule has 1 spiro atoms. The molecule has 244 valence electrons. The standard InChI is InChI=1S/C33H37F6N3O2S/c1-45(44)42-15-4-6-25(22-42)28(11-16-41-17-13-31(14-18-41)12-10-24-5-2-3-7-29(24)31)30(43)40-21-23-19-26(32(34,35)36)8-9-27(20-23)33(37,38)39/h2-3,5,7-8,10,12,19-20,25,28H,4,6,11,13-18,21-22H2,1H3,(H,40,43). The molecular formula is C33H37F6N3O2S. The molecule has 1 aromatic rings. The van der Waals surface area contributed by atoms with Crippen LogP contribution in [0.5, 0.6) is 0 Å². The van der Waals surface area contributed by atoms with Crippen molar-refractivity contribution in [2.24, 2.45) is 11.8 Å². The molecule has 2 aliphatic heterocycles. The van der Waals surface area contributed by atoms with Crippen molar-refractivity contribution in [1.29, 1.82) is 0 Å². The number of benzene rings is 1. The van der Waals surface area contributed by atoms with Crippen molar-refractivity contribution in [2.45, 2.75) is 49.9 Å². The second-order valence-corrected chi connectivity index (χ2v) is 13.6. The van der Waals surface area contributed by atoms with E-state index in [1.165, 1.54) is 11.1 Å². The third-order valence-corrected chi connectivity index (χ3v) is 10.5. The van der Waals surface area contributed by atoms with Gasteiger partial charge in [0.05, 0.1) is 22.1 Å². The largest absolute Gasteiger partial charge is 0.423 e. The highest BCUT2D eigenvalue weighted by Crippen LogP contribution is 2.44. The number of allylic oxidation sites excluding steroid dienone is 4. The number of piperidine rings is 2. The van der Waals surface area contributed by atoms with Gasteiger partial charge in [0.15, 0.2) is 0 Å². The molecule has 3 unspecified atom stereocenters. The molecule has 2 saturated heterocycles. The summed E-state index contributed by atoms with van der Waals surface area (Å²) in [6.07, 6.45) is 1.54. The number of likely N-dealkylation sites (tertiary alicyclic amines) is 1. The first-order chi connectivity index (χ1) is 21.2. The molecule has 3 atom stereocenters. The quantitative estimate of drug-likeness (QED) is 0.267. The molecule has 0 radical (unpaired) electrons. The second kappa shape index (κ2) is 13.4. The van der Waals surface area contributed by atoms with Crippen LogP contribution in [-0.2, 0) is 21.2 Å². The fourth-order valence-corrected chi connectivity index (χ4v) is 7.69. The lowest BCUT2D eigenvalue weighted by Crippen LogP contribution is -2.46. The van der Waals surface area contributed by atoms with E-state index in [1.54, 1.807) is 16.3 Å². The average Bonchev–Trinajstić information content (AvgIpc) is 3.17. The summed E-state index contributed by atoms with van der Waals surface area (Å²) in [4.78, 5) is 16.0. The average molecular weight is 654 g/mol. The Kier molecular flexibility index (Phi) is 9.99. The first-order valence-electron chi connectivity index (χ1n) is 15.2. The van der Waals surface area contributed by atoms with Crippen LogP contribution in [0.2, 0.25) is 0 Å². The molecule has 2 aliphatic carbocycles. The van der Waals surface area contributed by atoms with Gasteiger partial charge in [0, 0.05) is 37.2 Å². The van der Waals surface area contributed by atoms with Crippen LogP contribution in [0.4, 0.5) is 26.3 Å². The number of rotatable bonds is 8. The van der Waals surface area contributed by atoms with Crippen LogP contribution in [0.1, 0.15) is 43.2 Å². The first kappa shape index (κ1) is 33.4.